The molecule has 1 N–H and O–H groups in total. The molecule has 0 radical (unpaired) electrons. The summed E-state index contributed by atoms with van der Waals surface area (Å²) < 4.78 is 5.15. The van der Waals surface area contributed by atoms with Gasteiger partial charge < -0.3 is 15.0 Å². The highest BCUT2D eigenvalue weighted by atomic mass is 32.2. The highest BCUT2D eigenvalue weighted by molar-refractivity contribution is 8.00. The average Bonchev–Trinajstić information content (AvgIpc) is 3.08. The summed E-state index contributed by atoms with van der Waals surface area (Å²) >= 11 is 1.48. The molecular formula is C20H22N2O3S. The van der Waals surface area contributed by atoms with Gasteiger partial charge in [0.05, 0.1) is 23.7 Å². The van der Waals surface area contributed by atoms with Gasteiger partial charge in [0.25, 0.3) is 0 Å². The Kier molecular flexibility index (Phi) is 5.83. The summed E-state index contributed by atoms with van der Waals surface area (Å²) in [6.07, 6.45) is 1.41. The maximum Gasteiger partial charge on any atom is 0.237 e. The van der Waals surface area contributed by atoms with E-state index in [0.29, 0.717) is 18.7 Å². The van der Waals surface area contributed by atoms with Crippen molar-refractivity contribution in [3.05, 3.63) is 48.5 Å². The van der Waals surface area contributed by atoms with Crippen LogP contribution >= 0.6 is 11.8 Å². The summed E-state index contributed by atoms with van der Waals surface area (Å²) in [6, 6.07) is 15.1. The third kappa shape index (κ3) is 4.19. The molecule has 0 spiro atoms. The SMILES string of the molecule is COc1ccc(SC(C)C(=O)Nc2ccccc2N2CCCC2=O)cc1. The van der Waals surface area contributed by atoms with Crippen molar-refractivity contribution in [2.75, 3.05) is 23.9 Å². The van der Waals surface area contributed by atoms with Crippen LogP contribution in [0.25, 0.3) is 0 Å². The molecule has 0 aliphatic carbocycles. The second-order valence-corrected chi connectivity index (χ2v) is 7.51. The molecule has 26 heavy (non-hydrogen) atoms. The molecule has 0 saturated carbocycles. The first-order valence-corrected chi connectivity index (χ1v) is 9.47. The predicted molar refractivity (Wildman–Crippen MR) is 105 cm³/mol. The van der Waals surface area contributed by atoms with Crippen molar-refractivity contribution in [3.8, 4) is 5.75 Å². The molecule has 2 aromatic carbocycles. The molecule has 1 heterocycles. The molecule has 3 rings (SSSR count). The van der Waals surface area contributed by atoms with Crippen LogP contribution in [0.2, 0.25) is 0 Å². The molecule has 0 bridgehead atoms. The van der Waals surface area contributed by atoms with Gasteiger partial charge in [0, 0.05) is 17.9 Å². The van der Waals surface area contributed by atoms with Crippen LogP contribution in [0.15, 0.2) is 53.4 Å². The van der Waals surface area contributed by atoms with Gasteiger partial charge >= 0.3 is 0 Å². The number of methoxy groups -OCH3 is 1. The van der Waals surface area contributed by atoms with E-state index >= 15 is 0 Å². The Bertz CT molecular complexity index is 792. The first kappa shape index (κ1) is 18.3. The molecule has 1 aliphatic rings. The minimum atomic E-state index is -0.272. The van der Waals surface area contributed by atoms with Crippen LogP contribution in [0.3, 0.4) is 0 Å². The van der Waals surface area contributed by atoms with Gasteiger partial charge in [-0.2, -0.15) is 0 Å². The van der Waals surface area contributed by atoms with Gasteiger partial charge in [-0.25, -0.2) is 0 Å². The fraction of sp³-hybridized carbons (Fsp3) is 0.300. The van der Waals surface area contributed by atoms with Crippen molar-refractivity contribution in [2.24, 2.45) is 0 Å². The van der Waals surface area contributed by atoms with Gasteiger partial charge in [0.1, 0.15) is 5.75 Å². The normalized spacial score (nSPS) is 15.0. The molecule has 136 valence electrons. The number of rotatable bonds is 6. The van der Waals surface area contributed by atoms with E-state index in [1.165, 1.54) is 11.8 Å². The second-order valence-electron chi connectivity index (χ2n) is 6.09. The monoisotopic (exact) mass is 370 g/mol. The zero-order valence-electron chi connectivity index (χ0n) is 14.9. The lowest BCUT2D eigenvalue weighted by atomic mass is 10.2. The fourth-order valence-electron chi connectivity index (χ4n) is 2.86. The van der Waals surface area contributed by atoms with Gasteiger partial charge in [0.2, 0.25) is 11.8 Å². The summed E-state index contributed by atoms with van der Waals surface area (Å²) in [7, 11) is 1.63. The molecule has 1 saturated heterocycles. The van der Waals surface area contributed by atoms with Crippen molar-refractivity contribution in [2.45, 2.75) is 29.9 Å². The molecule has 5 nitrogen and oxygen atoms in total. The molecule has 1 unspecified atom stereocenters. The summed E-state index contributed by atoms with van der Waals surface area (Å²) in [5, 5.41) is 2.70. The number of para-hydroxylation sites is 2. The number of hydrogen-bond acceptors (Lipinski definition) is 4. The minimum absolute atomic E-state index is 0.0927. The number of carbonyl (C=O) groups excluding carboxylic acids is 2. The number of nitrogens with zero attached hydrogens (tertiary/aromatic N) is 1. The molecule has 6 heteroatoms. The number of hydrogen-bond donors (Lipinski definition) is 1. The molecule has 2 amide bonds. The first-order valence-electron chi connectivity index (χ1n) is 8.59. The highest BCUT2D eigenvalue weighted by Crippen LogP contribution is 2.31. The Hall–Kier alpha value is -2.47. The standard InChI is InChI=1S/C20H22N2O3S/c1-14(26-16-11-9-15(25-2)10-12-16)20(24)21-17-6-3-4-7-18(17)22-13-5-8-19(22)23/h3-4,6-7,9-12,14H,5,8,13H2,1-2H3,(H,21,24). The maximum absolute atomic E-state index is 12.6. The maximum atomic E-state index is 12.6. The van der Waals surface area contributed by atoms with Crippen molar-refractivity contribution in [1.29, 1.82) is 0 Å². The van der Waals surface area contributed by atoms with Crippen LogP contribution in [-0.2, 0) is 9.59 Å². The third-order valence-corrected chi connectivity index (χ3v) is 5.38. The Morgan fingerprint density at radius 1 is 1.19 bits per heavy atom. The number of thioether (sulfide) groups is 1. The van der Waals surface area contributed by atoms with Crippen molar-refractivity contribution < 1.29 is 14.3 Å². The molecule has 1 aliphatic heterocycles. The Balaban J connectivity index is 1.68. The summed E-state index contributed by atoms with van der Waals surface area (Å²) in [4.78, 5) is 27.4. The topological polar surface area (TPSA) is 58.6 Å². The van der Waals surface area contributed by atoms with Crippen molar-refractivity contribution >= 4 is 35.0 Å². The number of amides is 2. The van der Waals surface area contributed by atoms with Crippen molar-refractivity contribution in [3.63, 3.8) is 0 Å². The Morgan fingerprint density at radius 2 is 1.92 bits per heavy atom. The number of nitrogens with one attached hydrogen (secondary N) is 1. The van der Waals surface area contributed by atoms with E-state index in [-0.39, 0.29) is 17.1 Å². The average molecular weight is 370 g/mol. The Labute approximate surface area is 157 Å². The van der Waals surface area contributed by atoms with Crippen LogP contribution in [-0.4, -0.2) is 30.7 Å². The fourth-order valence-corrected chi connectivity index (χ4v) is 3.73. The third-order valence-electron chi connectivity index (χ3n) is 4.27. The van der Waals surface area contributed by atoms with E-state index in [9.17, 15) is 9.59 Å². The van der Waals surface area contributed by atoms with Gasteiger partial charge in [-0.3, -0.25) is 9.59 Å². The molecular weight excluding hydrogens is 348 g/mol. The van der Waals surface area contributed by atoms with E-state index in [1.807, 2.05) is 55.5 Å². The zero-order chi connectivity index (χ0) is 18.5. The highest BCUT2D eigenvalue weighted by Gasteiger charge is 2.25. The van der Waals surface area contributed by atoms with Crippen LogP contribution in [0, 0.1) is 0 Å². The number of anilines is 2. The van der Waals surface area contributed by atoms with Crippen LogP contribution in [0.1, 0.15) is 19.8 Å². The van der Waals surface area contributed by atoms with Crippen LogP contribution in [0.4, 0.5) is 11.4 Å². The van der Waals surface area contributed by atoms with Gasteiger partial charge in [0.15, 0.2) is 0 Å². The van der Waals surface area contributed by atoms with Crippen LogP contribution in [0.5, 0.6) is 5.75 Å². The first-order chi connectivity index (χ1) is 12.6. The van der Waals surface area contributed by atoms with E-state index in [4.69, 9.17) is 4.74 Å². The van der Waals surface area contributed by atoms with Crippen LogP contribution < -0.4 is 15.0 Å². The molecule has 0 aromatic heterocycles. The summed E-state index contributed by atoms with van der Waals surface area (Å²) in [5.74, 6) is 0.799. The lowest BCUT2D eigenvalue weighted by molar-refractivity contribution is -0.117. The number of carbonyl (C=O) groups is 2. The van der Waals surface area contributed by atoms with Gasteiger partial charge in [-0.1, -0.05) is 12.1 Å². The second kappa shape index (κ2) is 8.27. The summed E-state index contributed by atoms with van der Waals surface area (Å²) in [6.45, 7) is 2.57. The minimum Gasteiger partial charge on any atom is -0.497 e. The van der Waals surface area contributed by atoms with Gasteiger partial charge in [-0.15, -0.1) is 11.8 Å². The lowest BCUT2D eigenvalue weighted by Gasteiger charge is -2.21. The molecule has 2 aromatic rings. The summed E-state index contributed by atoms with van der Waals surface area (Å²) in [5.41, 5.74) is 1.44. The largest absolute Gasteiger partial charge is 0.497 e. The molecule has 1 atom stereocenters. The van der Waals surface area contributed by atoms with E-state index in [0.717, 1.165) is 22.8 Å². The van der Waals surface area contributed by atoms with E-state index < -0.39 is 0 Å². The quantitative estimate of drug-likeness (QED) is 0.783. The smallest absolute Gasteiger partial charge is 0.237 e. The predicted octanol–water partition coefficient (Wildman–Crippen LogP) is 3.94. The lowest BCUT2D eigenvalue weighted by Crippen LogP contribution is -2.27. The Morgan fingerprint density at radius 3 is 2.58 bits per heavy atom. The van der Waals surface area contributed by atoms with Gasteiger partial charge in [-0.05, 0) is 49.7 Å². The van der Waals surface area contributed by atoms with Crippen molar-refractivity contribution in [1.82, 2.24) is 0 Å². The van der Waals surface area contributed by atoms with E-state index in [1.54, 1.807) is 12.0 Å². The number of benzene rings is 2. The zero-order valence-corrected chi connectivity index (χ0v) is 15.7. The molecule has 1 fully saturated rings. The van der Waals surface area contributed by atoms with E-state index in [2.05, 4.69) is 5.32 Å². The number of ether oxygens (including phenoxy) is 1.